The molecule has 0 amide bonds. The van der Waals surface area contributed by atoms with E-state index in [9.17, 15) is 8.42 Å². The van der Waals surface area contributed by atoms with Crippen molar-refractivity contribution in [1.29, 1.82) is 0 Å². The number of hydrogen-bond donors (Lipinski definition) is 1. The summed E-state index contributed by atoms with van der Waals surface area (Å²) >= 11 is 0. The Labute approximate surface area is 129 Å². The van der Waals surface area contributed by atoms with Crippen molar-refractivity contribution in [1.82, 2.24) is 9.62 Å². The topological polar surface area (TPSA) is 49.4 Å². The second-order valence-electron chi connectivity index (χ2n) is 5.78. The first-order chi connectivity index (χ1) is 9.87. The SMILES string of the molecule is CCNCCCc1ccc(S(=O)(=O)N(C)CC(C)C)cc1. The summed E-state index contributed by atoms with van der Waals surface area (Å²) in [6.07, 6.45) is 2.03. The molecule has 1 N–H and O–H groups in total. The predicted octanol–water partition coefficient (Wildman–Crippen LogP) is 2.51. The highest BCUT2D eigenvalue weighted by molar-refractivity contribution is 7.89. The maximum atomic E-state index is 12.4. The Kier molecular flexibility index (Phi) is 7.35. The molecule has 5 heteroatoms. The quantitative estimate of drug-likeness (QED) is 0.713. The number of aryl methyl sites for hydroxylation is 1. The lowest BCUT2D eigenvalue weighted by molar-refractivity contribution is 0.417. The van der Waals surface area contributed by atoms with E-state index in [1.165, 1.54) is 9.87 Å². The van der Waals surface area contributed by atoms with Gasteiger partial charge < -0.3 is 5.32 Å². The molecule has 0 radical (unpaired) electrons. The van der Waals surface area contributed by atoms with Gasteiger partial charge in [-0.15, -0.1) is 0 Å². The van der Waals surface area contributed by atoms with Gasteiger partial charge in [0.15, 0.2) is 0 Å². The summed E-state index contributed by atoms with van der Waals surface area (Å²) in [6, 6.07) is 7.27. The zero-order valence-corrected chi connectivity index (χ0v) is 14.4. The third-order valence-corrected chi connectivity index (χ3v) is 5.16. The maximum Gasteiger partial charge on any atom is 0.242 e. The van der Waals surface area contributed by atoms with Crippen molar-refractivity contribution < 1.29 is 8.42 Å². The highest BCUT2D eigenvalue weighted by atomic mass is 32.2. The molecule has 21 heavy (non-hydrogen) atoms. The lowest BCUT2D eigenvalue weighted by Crippen LogP contribution is -2.30. The molecule has 120 valence electrons. The average Bonchev–Trinajstić information content (AvgIpc) is 2.43. The van der Waals surface area contributed by atoms with Gasteiger partial charge in [0.1, 0.15) is 0 Å². The van der Waals surface area contributed by atoms with Crippen molar-refractivity contribution in [3.63, 3.8) is 0 Å². The molecule has 0 aliphatic carbocycles. The van der Waals surface area contributed by atoms with E-state index in [4.69, 9.17) is 0 Å². The first-order valence-electron chi connectivity index (χ1n) is 7.64. The molecule has 0 atom stereocenters. The van der Waals surface area contributed by atoms with Crippen LogP contribution in [0.5, 0.6) is 0 Å². The molecule has 0 aliphatic heterocycles. The Morgan fingerprint density at radius 1 is 1.19 bits per heavy atom. The van der Waals surface area contributed by atoms with Crippen LogP contribution < -0.4 is 5.32 Å². The minimum Gasteiger partial charge on any atom is -0.317 e. The van der Waals surface area contributed by atoms with E-state index in [1.807, 2.05) is 26.0 Å². The number of nitrogens with zero attached hydrogens (tertiary/aromatic N) is 1. The zero-order chi connectivity index (χ0) is 15.9. The van der Waals surface area contributed by atoms with Crippen molar-refractivity contribution in [2.45, 2.75) is 38.5 Å². The smallest absolute Gasteiger partial charge is 0.242 e. The van der Waals surface area contributed by atoms with Crippen LogP contribution in [0.1, 0.15) is 32.8 Å². The van der Waals surface area contributed by atoms with Gasteiger partial charge in [0.25, 0.3) is 0 Å². The van der Waals surface area contributed by atoms with Crippen LogP contribution in [0.4, 0.5) is 0 Å². The standard InChI is InChI=1S/C16H28N2O2S/c1-5-17-12-6-7-15-8-10-16(11-9-15)21(19,20)18(4)13-14(2)3/h8-11,14,17H,5-7,12-13H2,1-4H3. The molecule has 1 rings (SSSR count). The zero-order valence-electron chi connectivity index (χ0n) is 13.6. The molecule has 0 aromatic heterocycles. The summed E-state index contributed by atoms with van der Waals surface area (Å²) in [5.74, 6) is 0.315. The van der Waals surface area contributed by atoms with E-state index >= 15 is 0 Å². The van der Waals surface area contributed by atoms with Gasteiger partial charge >= 0.3 is 0 Å². The fourth-order valence-corrected chi connectivity index (χ4v) is 3.55. The molecule has 0 saturated carbocycles. The monoisotopic (exact) mass is 312 g/mol. The molecule has 0 fully saturated rings. The van der Waals surface area contributed by atoms with Crippen molar-refractivity contribution in [2.75, 3.05) is 26.7 Å². The molecule has 1 aromatic carbocycles. The minimum atomic E-state index is -3.36. The molecule has 0 spiro atoms. The van der Waals surface area contributed by atoms with Gasteiger partial charge in [-0.25, -0.2) is 12.7 Å². The van der Waals surface area contributed by atoms with Crippen molar-refractivity contribution in [3.8, 4) is 0 Å². The summed E-state index contributed by atoms with van der Waals surface area (Å²) in [5.41, 5.74) is 1.18. The van der Waals surface area contributed by atoms with E-state index in [0.29, 0.717) is 17.4 Å². The predicted molar refractivity (Wildman–Crippen MR) is 88.0 cm³/mol. The van der Waals surface area contributed by atoms with Crippen LogP contribution in [-0.4, -0.2) is 39.4 Å². The van der Waals surface area contributed by atoms with E-state index in [-0.39, 0.29) is 0 Å². The van der Waals surface area contributed by atoms with Crippen molar-refractivity contribution in [3.05, 3.63) is 29.8 Å². The van der Waals surface area contributed by atoms with Gasteiger partial charge in [-0.2, -0.15) is 0 Å². The van der Waals surface area contributed by atoms with Crippen LogP contribution in [0.15, 0.2) is 29.2 Å². The fourth-order valence-electron chi connectivity index (χ4n) is 2.21. The molecule has 0 unspecified atom stereocenters. The average molecular weight is 312 g/mol. The van der Waals surface area contributed by atoms with Crippen LogP contribution in [0.3, 0.4) is 0 Å². The van der Waals surface area contributed by atoms with E-state index in [1.54, 1.807) is 19.2 Å². The number of rotatable bonds is 9. The number of benzene rings is 1. The van der Waals surface area contributed by atoms with Crippen molar-refractivity contribution in [2.24, 2.45) is 5.92 Å². The lowest BCUT2D eigenvalue weighted by atomic mass is 10.1. The Morgan fingerprint density at radius 3 is 2.33 bits per heavy atom. The Hall–Kier alpha value is -0.910. The van der Waals surface area contributed by atoms with Crippen molar-refractivity contribution >= 4 is 10.0 Å². The van der Waals surface area contributed by atoms with E-state index < -0.39 is 10.0 Å². The Morgan fingerprint density at radius 2 is 1.81 bits per heavy atom. The Bertz CT molecular complexity index is 510. The van der Waals surface area contributed by atoms with Crippen LogP contribution in [0.25, 0.3) is 0 Å². The number of sulfonamides is 1. The normalized spacial score (nSPS) is 12.3. The molecular formula is C16H28N2O2S. The summed E-state index contributed by atoms with van der Waals surface area (Å²) in [7, 11) is -1.72. The van der Waals surface area contributed by atoms with Gasteiger partial charge in [-0.05, 0) is 49.5 Å². The summed E-state index contributed by atoms with van der Waals surface area (Å²) in [6.45, 7) is 8.63. The first-order valence-corrected chi connectivity index (χ1v) is 9.08. The van der Waals surface area contributed by atoms with Gasteiger partial charge in [-0.1, -0.05) is 32.9 Å². The molecular weight excluding hydrogens is 284 g/mol. The van der Waals surface area contributed by atoms with Crippen LogP contribution >= 0.6 is 0 Å². The second kappa shape index (κ2) is 8.51. The van der Waals surface area contributed by atoms with Gasteiger partial charge in [-0.3, -0.25) is 0 Å². The van der Waals surface area contributed by atoms with Gasteiger partial charge in [0, 0.05) is 13.6 Å². The van der Waals surface area contributed by atoms with Crippen LogP contribution in [-0.2, 0) is 16.4 Å². The number of nitrogens with one attached hydrogen (secondary N) is 1. The van der Waals surface area contributed by atoms with E-state index in [2.05, 4.69) is 12.2 Å². The highest BCUT2D eigenvalue weighted by Crippen LogP contribution is 2.17. The Balaban J connectivity index is 2.68. The molecule has 4 nitrogen and oxygen atoms in total. The van der Waals surface area contributed by atoms with Gasteiger partial charge in [0.05, 0.1) is 4.90 Å². The fraction of sp³-hybridized carbons (Fsp3) is 0.625. The third kappa shape index (κ3) is 5.77. The molecule has 0 heterocycles. The van der Waals surface area contributed by atoms with Gasteiger partial charge in [0.2, 0.25) is 10.0 Å². The summed E-state index contributed by atoms with van der Waals surface area (Å²) < 4.78 is 26.2. The number of hydrogen-bond acceptors (Lipinski definition) is 3. The summed E-state index contributed by atoms with van der Waals surface area (Å²) in [5, 5.41) is 3.28. The van der Waals surface area contributed by atoms with E-state index in [0.717, 1.165) is 25.9 Å². The first kappa shape index (κ1) is 18.1. The molecule has 0 saturated heterocycles. The van der Waals surface area contributed by atoms with Crippen LogP contribution in [0, 0.1) is 5.92 Å². The second-order valence-corrected chi connectivity index (χ2v) is 7.83. The van der Waals surface area contributed by atoms with Crippen LogP contribution in [0.2, 0.25) is 0 Å². The largest absolute Gasteiger partial charge is 0.317 e. The third-order valence-electron chi connectivity index (χ3n) is 3.32. The summed E-state index contributed by atoms with van der Waals surface area (Å²) in [4.78, 5) is 0.376. The lowest BCUT2D eigenvalue weighted by Gasteiger charge is -2.19. The molecule has 1 aromatic rings. The molecule has 0 aliphatic rings. The maximum absolute atomic E-state index is 12.4. The minimum absolute atomic E-state index is 0.315. The highest BCUT2D eigenvalue weighted by Gasteiger charge is 2.20. The molecule has 0 bridgehead atoms.